The summed E-state index contributed by atoms with van der Waals surface area (Å²) < 4.78 is 5.31. The van der Waals surface area contributed by atoms with Crippen molar-refractivity contribution >= 4 is 0 Å². The van der Waals surface area contributed by atoms with Gasteiger partial charge in [0, 0.05) is 31.9 Å². The first kappa shape index (κ1) is 12.3. The van der Waals surface area contributed by atoms with Crippen LogP contribution in [0.4, 0.5) is 0 Å². The molecule has 1 aliphatic rings. The Morgan fingerprint density at radius 1 is 1.47 bits per heavy atom. The third kappa shape index (κ3) is 2.80. The zero-order chi connectivity index (χ0) is 13.1. The van der Waals surface area contributed by atoms with Gasteiger partial charge in [0.15, 0.2) is 0 Å². The summed E-state index contributed by atoms with van der Waals surface area (Å²) in [5, 5.41) is 7.35. The minimum absolute atomic E-state index is 0.485. The second kappa shape index (κ2) is 5.46. The molecule has 1 saturated heterocycles. The van der Waals surface area contributed by atoms with Crippen molar-refractivity contribution in [3.8, 4) is 11.5 Å². The normalized spacial score (nSPS) is 20.6. The SMILES string of the molecule is CC1CNCCN1Cc1nc(-c2ccccn2)no1. The van der Waals surface area contributed by atoms with Crippen LogP contribution in [0.1, 0.15) is 12.8 Å². The van der Waals surface area contributed by atoms with Crippen molar-refractivity contribution in [3.63, 3.8) is 0 Å². The highest BCUT2D eigenvalue weighted by Gasteiger charge is 2.20. The van der Waals surface area contributed by atoms with Crippen LogP contribution in [0, 0.1) is 0 Å². The molecule has 19 heavy (non-hydrogen) atoms. The number of hydrogen-bond acceptors (Lipinski definition) is 6. The van der Waals surface area contributed by atoms with E-state index in [9.17, 15) is 0 Å². The first-order valence-electron chi connectivity index (χ1n) is 6.51. The van der Waals surface area contributed by atoms with Crippen molar-refractivity contribution in [3.05, 3.63) is 30.3 Å². The topological polar surface area (TPSA) is 67.1 Å². The predicted octanol–water partition coefficient (Wildman–Crippen LogP) is 0.925. The third-order valence-electron chi connectivity index (χ3n) is 3.34. The smallest absolute Gasteiger partial charge is 0.241 e. The molecule has 3 heterocycles. The summed E-state index contributed by atoms with van der Waals surface area (Å²) in [7, 11) is 0. The van der Waals surface area contributed by atoms with Crippen molar-refractivity contribution < 1.29 is 4.52 Å². The average molecular weight is 259 g/mol. The van der Waals surface area contributed by atoms with Gasteiger partial charge in [0.2, 0.25) is 11.7 Å². The monoisotopic (exact) mass is 259 g/mol. The molecule has 6 heteroatoms. The van der Waals surface area contributed by atoms with Gasteiger partial charge in [-0.2, -0.15) is 4.98 Å². The summed E-state index contributed by atoms with van der Waals surface area (Å²) in [5.41, 5.74) is 0.742. The van der Waals surface area contributed by atoms with E-state index in [4.69, 9.17) is 4.52 Å². The van der Waals surface area contributed by atoms with Crippen LogP contribution in [-0.2, 0) is 6.54 Å². The third-order valence-corrected chi connectivity index (χ3v) is 3.34. The molecule has 6 nitrogen and oxygen atoms in total. The zero-order valence-corrected chi connectivity index (χ0v) is 10.9. The van der Waals surface area contributed by atoms with Gasteiger partial charge in [-0.15, -0.1) is 0 Å². The maximum Gasteiger partial charge on any atom is 0.241 e. The molecule has 1 aliphatic heterocycles. The Kier molecular flexibility index (Phi) is 3.52. The lowest BCUT2D eigenvalue weighted by molar-refractivity contribution is 0.146. The molecule has 0 saturated carbocycles. The Balaban J connectivity index is 1.71. The molecular formula is C13H17N5O. The van der Waals surface area contributed by atoms with Gasteiger partial charge in [0.05, 0.1) is 6.54 Å². The maximum atomic E-state index is 5.31. The number of pyridine rings is 1. The van der Waals surface area contributed by atoms with Crippen LogP contribution in [0.3, 0.4) is 0 Å². The fraction of sp³-hybridized carbons (Fsp3) is 0.462. The fourth-order valence-corrected chi connectivity index (χ4v) is 2.21. The number of aromatic nitrogens is 3. The Hall–Kier alpha value is -1.79. The minimum atomic E-state index is 0.485. The Bertz CT molecular complexity index is 527. The molecule has 0 bridgehead atoms. The number of rotatable bonds is 3. The summed E-state index contributed by atoms with van der Waals surface area (Å²) >= 11 is 0. The van der Waals surface area contributed by atoms with Crippen LogP contribution in [0.2, 0.25) is 0 Å². The van der Waals surface area contributed by atoms with E-state index < -0.39 is 0 Å². The molecule has 1 atom stereocenters. The Morgan fingerprint density at radius 2 is 2.42 bits per heavy atom. The molecule has 2 aromatic heterocycles. The van der Waals surface area contributed by atoms with Gasteiger partial charge in [-0.1, -0.05) is 11.2 Å². The molecule has 0 aliphatic carbocycles. The lowest BCUT2D eigenvalue weighted by atomic mass is 10.2. The first-order chi connectivity index (χ1) is 9.33. The van der Waals surface area contributed by atoms with Gasteiger partial charge in [-0.05, 0) is 19.1 Å². The molecule has 1 unspecified atom stereocenters. The van der Waals surface area contributed by atoms with Crippen molar-refractivity contribution in [1.82, 2.24) is 25.3 Å². The van der Waals surface area contributed by atoms with Gasteiger partial charge in [0.25, 0.3) is 0 Å². The van der Waals surface area contributed by atoms with E-state index in [-0.39, 0.29) is 0 Å². The summed E-state index contributed by atoms with van der Waals surface area (Å²) in [6.07, 6.45) is 1.73. The summed E-state index contributed by atoms with van der Waals surface area (Å²) in [4.78, 5) is 11.0. The highest BCUT2D eigenvalue weighted by molar-refractivity contribution is 5.46. The van der Waals surface area contributed by atoms with Crippen LogP contribution >= 0.6 is 0 Å². The summed E-state index contributed by atoms with van der Waals surface area (Å²) in [6, 6.07) is 6.14. The van der Waals surface area contributed by atoms with Crippen LogP contribution in [0.25, 0.3) is 11.5 Å². The molecule has 3 rings (SSSR count). The minimum Gasteiger partial charge on any atom is -0.337 e. The van der Waals surface area contributed by atoms with Crippen molar-refractivity contribution in [2.45, 2.75) is 19.5 Å². The molecule has 0 spiro atoms. The molecule has 1 N–H and O–H groups in total. The number of piperazine rings is 1. The maximum absolute atomic E-state index is 5.31. The van der Waals surface area contributed by atoms with Gasteiger partial charge in [-0.3, -0.25) is 9.88 Å². The number of nitrogens with one attached hydrogen (secondary N) is 1. The van der Waals surface area contributed by atoms with Crippen molar-refractivity contribution in [2.75, 3.05) is 19.6 Å². The standard InChI is InChI=1S/C13H17N5O/c1-10-8-14-6-7-18(10)9-12-16-13(17-19-12)11-4-2-3-5-15-11/h2-5,10,14H,6-9H2,1H3. The van der Waals surface area contributed by atoms with Crippen LogP contribution in [0.15, 0.2) is 28.9 Å². The number of nitrogens with zero attached hydrogens (tertiary/aromatic N) is 4. The number of hydrogen-bond donors (Lipinski definition) is 1. The molecule has 100 valence electrons. The van der Waals surface area contributed by atoms with Gasteiger partial charge in [-0.25, -0.2) is 0 Å². The van der Waals surface area contributed by atoms with E-state index in [2.05, 4.69) is 32.3 Å². The highest BCUT2D eigenvalue weighted by atomic mass is 16.5. The fourth-order valence-electron chi connectivity index (χ4n) is 2.21. The largest absolute Gasteiger partial charge is 0.337 e. The van der Waals surface area contributed by atoms with Gasteiger partial charge >= 0.3 is 0 Å². The average Bonchev–Trinajstić information content (AvgIpc) is 2.91. The Morgan fingerprint density at radius 3 is 3.21 bits per heavy atom. The second-order valence-corrected chi connectivity index (χ2v) is 4.75. The predicted molar refractivity (Wildman–Crippen MR) is 70.3 cm³/mol. The first-order valence-corrected chi connectivity index (χ1v) is 6.51. The Labute approximate surface area is 111 Å². The van der Waals surface area contributed by atoms with Crippen molar-refractivity contribution in [1.29, 1.82) is 0 Å². The molecule has 1 fully saturated rings. The molecule has 0 radical (unpaired) electrons. The molecule has 0 amide bonds. The zero-order valence-electron chi connectivity index (χ0n) is 10.9. The van der Waals surface area contributed by atoms with Gasteiger partial charge in [0.1, 0.15) is 5.69 Å². The second-order valence-electron chi connectivity index (χ2n) is 4.75. The summed E-state index contributed by atoms with van der Waals surface area (Å²) in [5.74, 6) is 1.20. The van der Waals surface area contributed by atoms with E-state index in [0.717, 1.165) is 25.3 Å². The van der Waals surface area contributed by atoms with Crippen LogP contribution in [-0.4, -0.2) is 45.7 Å². The van der Waals surface area contributed by atoms with E-state index in [1.54, 1.807) is 6.20 Å². The molecule has 2 aromatic rings. The van der Waals surface area contributed by atoms with Crippen LogP contribution < -0.4 is 5.32 Å². The van der Waals surface area contributed by atoms with E-state index in [1.165, 1.54) is 0 Å². The van der Waals surface area contributed by atoms with E-state index >= 15 is 0 Å². The van der Waals surface area contributed by atoms with E-state index in [0.29, 0.717) is 24.3 Å². The lowest BCUT2D eigenvalue weighted by Gasteiger charge is -2.32. The summed E-state index contributed by atoms with van der Waals surface area (Å²) in [6.45, 7) is 5.90. The molecule has 0 aromatic carbocycles. The van der Waals surface area contributed by atoms with Gasteiger partial charge < -0.3 is 9.84 Å². The van der Waals surface area contributed by atoms with Crippen molar-refractivity contribution in [2.24, 2.45) is 0 Å². The highest BCUT2D eigenvalue weighted by Crippen LogP contribution is 2.14. The lowest BCUT2D eigenvalue weighted by Crippen LogP contribution is -2.49. The van der Waals surface area contributed by atoms with E-state index in [1.807, 2.05) is 18.2 Å². The quantitative estimate of drug-likeness (QED) is 0.884. The molecular weight excluding hydrogens is 242 g/mol. The van der Waals surface area contributed by atoms with Crippen LogP contribution in [0.5, 0.6) is 0 Å².